The normalized spacial score (nSPS) is 10.4. The van der Waals surface area contributed by atoms with Crippen molar-refractivity contribution in [2.75, 3.05) is 12.4 Å². The zero-order valence-electron chi connectivity index (χ0n) is 10.8. The molecule has 0 aliphatic carbocycles. The molecule has 1 N–H and O–H groups in total. The van der Waals surface area contributed by atoms with Crippen LogP contribution >= 0.6 is 11.3 Å². The summed E-state index contributed by atoms with van der Waals surface area (Å²) in [5.74, 6) is 0.805. The van der Waals surface area contributed by atoms with Crippen LogP contribution in [0.25, 0.3) is 20.8 Å². The van der Waals surface area contributed by atoms with Crippen molar-refractivity contribution in [1.29, 1.82) is 0 Å². The Hall–Kier alpha value is -2.40. The quantitative estimate of drug-likeness (QED) is 0.745. The number of thiazole rings is 1. The maximum absolute atomic E-state index is 10.4. The molecule has 4 nitrogen and oxygen atoms in total. The van der Waals surface area contributed by atoms with Gasteiger partial charge in [-0.05, 0) is 36.4 Å². The van der Waals surface area contributed by atoms with Crippen molar-refractivity contribution in [2.24, 2.45) is 0 Å². The first-order valence-electron chi connectivity index (χ1n) is 6.05. The minimum atomic E-state index is 0.666. The van der Waals surface area contributed by atoms with Gasteiger partial charge in [0.05, 0.1) is 17.3 Å². The van der Waals surface area contributed by atoms with E-state index in [-0.39, 0.29) is 0 Å². The number of fused-ring (bicyclic) bond motifs is 1. The number of ether oxygens (including phenoxy) is 1. The second kappa shape index (κ2) is 5.30. The number of hydrogen-bond donors (Lipinski definition) is 1. The minimum absolute atomic E-state index is 0.666. The van der Waals surface area contributed by atoms with Crippen LogP contribution < -0.4 is 10.1 Å². The lowest BCUT2D eigenvalue weighted by Gasteiger charge is -1.99. The Kier molecular flexibility index (Phi) is 3.35. The highest BCUT2D eigenvalue weighted by atomic mass is 32.1. The lowest BCUT2D eigenvalue weighted by atomic mass is 10.2. The second-order valence-electron chi connectivity index (χ2n) is 4.19. The maximum atomic E-state index is 10.4. The molecule has 1 aromatic heterocycles. The van der Waals surface area contributed by atoms with Gasteiger partial charge >= 0.3 is 0 Å². The molecule has 20 heavy (non-hydrogen) atoms. The molecule has 100 valence electrons. The molecule has 0 saturated heterocycles. The summed E-state index contributed by atoms with van der Waals surface area (Å²) < 4.78 is 6.32. The number of anilines is 1. The van der Waals surface area contributed by atoms with Crippen LogP contribution in [0.4, 0.5) is 5.69 Å². The Bertz CT molecular complexity index is 750. The molecule has 0 fully saturated rings. The van der Waals surface area contributed by atoms with Crippen LogP contribution in [-0.4, -0.2) is 18.5 Å². The summed E-state index contributed by atoms with van der Waals surface area (Å²) in [5, 5.41) is 3.56. The van der Waals surface area contributed by atoms with E-state index in [2.05, 4.69) is 10.3 Å². The van der Waals surface area contributed by atoms with Crippen molar-refractivity contribution < 1.29 is 9.53 Å². The number of nitrogens with zero attached hydrogens (tertiary/aromatic N) is 1. The highest BCUT2D eigenvalue weighted by Gasteiger charge is 2.07. The summed E-state index contributed by atoms with van der Waals surface area (Å²) in [5.41, 5.74) is 2.73. The van der Waals surface area contributed by atoms with Gasteiger partial charge < -0.3 is 10.1 Å². The summed E-state index contributed by atoms with van der Waals surface area (Å²) in [6, 6.07) is 13.5. The summed E-state index contributed by atoms with van der Waals surface area (Å²) in [7, 11) is 1.65. The van der Waals surface area contributed by atoms with Gasteiger partial charge in [0.25, 0.3) is 0 Å². The Labute approximate surface area is 120 Å². The third-order valence-corrected chi connectivity index (χ3v) is 4.04. The summed E-state index contributed by atoms with van der Waals surface area (Å²) >= 11 is 1.63. The molecule has 0 aliphatic heterocycles. The monoisotopic (exact) mass is 284 g/mol. The molecule has 0 atom stereocenters. The Balaban J connectivity index is 1.98. The average molecular weight is 284 g/mol. The molecule has 0 bridgehead atoms. The average Bonchev–Trinajstić information content (AvgIpc) is 2.91. The highest BCUT2D eigenvalue weighted by molar-refractivity contribution is 7.21. The van der Waals surface area contributed by atoms with Gasteiger partial charge in [0.15, 0.2) is 0 Å². The van der Waals surface area contributed by atoms with Gasteiger partial charge in [0, 0.05) is 17.3 Å². The summed E-state index contributed by atoms with van der Waals surface area (Å²) in [6.07, 6.45) is 0.666. The SMILES string of the molecule is COc1ccc2sc(-c3ccc(NC=O)cc3)nc2c1. The predicted molar refractivity (Wildman–Crippen MR) is 81.3 cm³/mol. The van der Waals surface area contributed by atoms with Gasteiger partial charge in [-0.2, -0.15) is 0 Å². The van der Waals surface area contributed by atoms with Crippen molar-refractivity contribution in [3.8, 4) is 16.3 Å². The van der Waals surface area contributed by atoms with Crippen LogP contribution in [-0.2, 0) is 4.79 Å². The molecular weight excluding hydrogens is 272 g/mol. The molecular formula is C15H12N2O2S. The molecule has 3 rings (SSSR count). The van der Waals surface area contributed by atoms with Gasteiger partial charge in [0.1, 0.15) is 10.8 Å². The van der Waals surface area contributed by atoms with Crippen LogP contribution in [0.3, 0.4) is 0 Å². The molecule has 0 unspecified atom stereocenters. The van der Waals surface area contributed by atoms with E-state index in [4.69, 9.17) is 4.74 Å². The summed E-state index contributed by atoms with van der Waals surface area (Å²) in [6.45, 7) is 0. The molecule has 0 aliphatic rings. The van der Waals surface area contributed by atoms with Crippen LogP contribution in [0.5, 0.6) is 5.75 Å². The van der Waals surface area contributed by atoms with Crippen LogP contribution in [0.1, 0.15) is 0 Å². The van der Waals surface area contributed by atoms with Gasteiger partial charge in [-0.3, -0.25) is 4.79 Å². The van der Waals surface area contributed by atoms with Crippen LogP contribution in [0.15, 0.2) is 42.5 Å². The fourth-order valence-electron chi connectivity index (χ4n) is 1.93. The van der Waals surface area contributed by atoms with E-state index < -0.39 is 0 Å². The van der Waals surface area contributed by atoms with E-state index in [9.17, 15) is 4.79 Å². The molecule has 1 amide bonds. The number of carbonyl (C=O) groups is 1. The van der Waals surface area contributed by atoms with Crippen LogP contribution in [0.2, 0.25) is 0 Å². The Morgan fingerprint density at radius 1 is 1.20 bits per heavy atom. The van der Waals surface area contributed by atoms with Crippen molar-refractivity contribution in [1.82, 2.24) is 4.98 Å². The van der Waals surface area contributed by atoms with Crippen molar-refractivity contribution in [3.63, 3.8) is 0 Å². The van der Waals surface area contributed by atoms with E-state index in [1.807, 2.05) is 42.5 Å². The fourth-order valence-corrected chi connectivity index (χ4v) is 2.89. The first-order valence-corrected chi connectivity index (χ1v) is 6.87. The number of benzene rings is 2. The zero-order valence-corrected chi connectivity index (χ0v) is 11.6. The molecule has 0 spiro atoms. The van der Waals surface area contributed by atoms with Gasteiger partial charge in [-0.25, -0.2) is 4.98 Å². The summed E-state index contributed by atoms with van der Waals surface area (Å²) in [4.78, 5) is 15.0. The minimum Gasteiger partial charge on any atom is -0.497 e. The number of nitrogens with one attached hydrogen (secondary N) is 1. The largest absolute Gasteiger partial charge is 0.497 e. The number of aromatic nitrogens is 1. The van der Waals surface area contributed by atoms with Crippen LogP contribution in [0, 0.1) is 0 Å². The molecule has 5 heteroatoms. The number of carbonyl (C=O) groups excluding carboxylic acids is 1. The van der Waals surface area contributed by atoms with Crippen molar-refractivity contribution in [2.45, 2.75) is 0 Å². The number of methoxy groups -OCH3 is 1. The standard InChI is InChI=1S/C15H12N2O2S/c1-19-12-6-7-14-13(8-12)17-15(20-14)10-2-4-11(5-3-10)16-9-18/h2-9H,1H3,(H,16,18). The highest BCUT2D eigenvalue weighted by Crippen LogP contribution is 2.32. The van der Waals surface area contributed by atoms with Gasteiger partial charge in [-0.1, -0.05) is 0 Å². The second-order valence-corrected chi connectivity index (χ2v) is 5.22. The zero-order chi connectivity index (χ0) is 13.9. The fraction of sp³-hybridized carbons (Fsp3) is 0.0667. The molecule has 0 radical (unpaired) electrons. The molecule has 1 heterocycles. The third-order valence-electron chi connectivity index (χ3n) is 2.95. The third kappa shape index (κ3) is 2.35. The van der Waals surface area contributed by atoms with E-state index >= 15 is 0 Å². The molecule has 3 aromatic rings. The molecule has 0 saturated carbocycles. The predicted octanol–water partition coefficient (Wildman–Crippen LogP) is 3.54. The van der Waals surface area contributed by atoms with Crippen molar-refractivity contribution in [3.05, 3.63) is 42.5 Å². The molecule has 2 aromatic carbocycles. The topological polar surface area (TPSA) is 51.2 Å². The van der Waals surface area contributed by atoms with E-state index in [0.29, 0.717) is 6.41 Å². The Morgan fingerprint density at radius 2 is 2.00 bits per heavy atom. The van der Waals surface area contributed by atoms with E-state index in [1.54, 1.807) is 18.4 Å². The van der Waals surface area contributed by atoms with Crippen molar-refractivity contribution >= 4 is 33.7 Å². The number of amides is 1. The lowest BCUT2D eigenvalue weighted by molar-refractivity contribution is -0.105. The first-order chi connectivity index (χ1) is 9.80. The van der Waals surface area contributed by atoms with E-state index in [1.165, 1.54) is 0 Å². The smallest absolute Gasteiger partial charge is 0.211 e. The maximum Gasteiger partial charge on any atom is 0.211 e. The van der Waals surface area contributed by atoms with Gasteiger partial charge in [0.2, 0.25) is 6.41 Å². The first kappa shape index (κ1) is 12.6. The van der Waals surface area contributed by atoms with E-state index in [0.717, 1.165) is 32.2 Å². The number of rotatable bonds is 4. The Morgan fingerprint density at radius 3 is 2.70 bits per heavy atom. The van der Waals surface area contributed by atoms with Gasteiger partial charge in [-0.15, -0.1) is 11.3 Å². The number of hydrogen-bond acceptors (Lipinski definition) is 4. The lowest BCUT2D eigenvalue weighted by Crippen LogP contribution is -1.92.